The molecule has 3 N–H and O–H groups in total. The highest BCUT2D eigenvalue weighted by molar-refractivity contribution is 5.92. The average molecular weight is 277 g/mol. The van der Waals surface area contributed by atoms with Crippen molar-refractivity contribution in [3.63, 3.8) is 0 Å². The van der Waals surface area contributed by atoms with Gasteiger partial charge in [0.2, 0.25) is 5.91 Å². The van der Waals surface area contributed by atoms with E-state index in [4.69, 9.17) is 0 Å². The van der Waals surface area contributed by atoms with Gasteiger partial charge in [0, 0.05) is 35.9 Å². The van der Waals surface area contributed by atoms with Gasteiger partial charge in [-0.1, -0.05) is 13.8 Å². The molecule has 0 atom stereocenters. The van der Waals surface area contributed by atoms with Gasteiger partial charge >= 0.3 is 0 Å². The van der Waals surface area contributed by atoms with E-state index < -0.39 is 0 Å². The quantitative estimate of drug-likeness (QED) is 0.700. The Kier molecular flexibility index (Phi) is 6.02. The summed E-state index contributed by atoms with van der Waals surface area (Å²) in [6.07, 6.45) is 0. The van der Waals surface area contributed by atoms with Crippen LogP contribution in [0.5, 0.6) is 0 Å². The van der Waals surface area contributed by atoms with Gasteiger partial charge in [0.15, 0.2) is 0 Å². The lowest BCUT2D eigenvalue weighted by Crippen LogP contribution is -2.38. The maximum atomic E-state index is 11.6. The zero-order chi connectivity index (χ0) is 15.2. The molecule has 0 aliphatic heterocycles. The standard InChI is InChI=1S/C16H27N3O/c1-12(2)15(20)19-14-8-6-13(7-9-14)17-10-11-18-16(3,4)5/h6-9,12,17-18H,10-11H2,1-5H3,(H,19,20). The Morgan fingerprint density at radius 2 is 1.60 bits per heavy atom. The van der Waals surface area contributed by atoms with Crippen LogP contribution in [0.1, 0.15) is 34.6 Å². The van der Waals surface area contributed by atoms with Gasteiger partial charge < -0.3 is 16.0 Å². The van der Waals surface area contributed by atoms with Gasteiger partial charge in [0.1, 0.15) is 0 Å². The van der Waals surface area contributed by atoms with Gasteiger partial charge in [-0.2, -0.15) is 0 Å². The number of benzene rings is 1. The summed E-state index contributed by atoms with van der Waals surface area (Å²) >= 11 is 0. The summed E-state index contributed by atoms with van der Waals surface area (Å²) in [6.45, 7) is 12.0. The van der Waals surface area contributed by atoms with E-state index in [1.165, 1.54) is 0 Å². The molecule has 0 spiro atoms. The highest BCUT2D eigenvalue weighted by Gasteiger charge is 2.08. The topological polar surface area (TPSA) is 53.2 Å². The van der Waals surface area contributed by atoms with E-state index in [9.17, 15) is 4.79 Å². The van der Waals surface area contributed by atoms with Crippen LogP contribution in [0.4, 0.5) is 11.4 Å². The van der Waals surface area contributed by atoms with Crippen molar-refractivity contribution < 1.29 is 4.79 Å². The maximum Gasteiger partial charge on any atom is 0.226 e. The number of anilines is 2. The van der Waals surface area contributed by atoms with Crippen LogP contribution in [0, 0.1) is 5.92 Å². The van der Waals surface area contributed by atoms with Crippen LogP contribution in [0.25, 0.3) is 0 Å². The molecule has 4 nitrogen and oxygen atoms in total. The second-order valence-electron chi connectivity index (χ2n) is 6.32. The summed E-state index contributed by atoms with van der Waals surface area (Å²) in [5.41, 5.74) is 2.04. The fraction of sp³-hybridized carbons (Fsp3) is 0.562. The first kappa shape index (κ1) is 16.5. The summed E-state index contributed by atoms with van der Waals surface area (Å²) in [5, 5.41) is 9.64. The van der Waals surface area contributed by atoms with Gasteiger partial charge in [-0.25, -0.2) is 0 Å². The summed E-state index contributed by atoms with van der Waals surface area (Å²) in [7, 11) is 0. The predicted octanol–water partition coefficient (Wildman–Crippen LogP) is 3.08. The van der Waals surface area contributed by atoms with Gasteiger partial charge in [-0.05, 0) is 45.0 Å². The molecular weight excluding hydrogens is 250 g/mol. The minimum atomic E-state index is -0.00345. The van der Waals surface area contributed by atoms with Crippen LogP contribution in [-0.4, -0.2) is 24.5 Å². The smallest absolute Gasteiger partial charge is 0.226 e. The third kappa shape index (κ3) is 6.57. The Hall–Kier alpha value is -1.55. The second-order valence-corrected chi connectivity index (χ2v) is 6.32. The molecule has 0 radical (unpaired) electrons. The molecule has 1 aromatic rings. The van der Waals surface area contributed by atoms with Gasteiger partial charge in [-0.3, -0.25) is 4.79 Å². The maximum absolute atomic E-state index is 11.6. The van der Waals surface area contributed by atoms with E-state index in [2.05, 4.69) is 36.7 Å². The van der Waals surface area contributed by atoms with Crippen molar-refractivity contribution in [3.05, 3.63) is 24.3 Å². The molecule has 1 rings (SSSR count). The van der Waals surface area contributed by atoms with Crippen LogP contribution in [0.2, 0.25) is 0 Å². The molecule has 0 saturated heterocycles. The number of amides is 1. The Morgan fingerprint density at radius 3 is 2.10 bits per heavy atom. The van der Waals surface area contributed by atoms with E-state index in [1.54, 1.807) is 0 Å². The molecule has 20 heavy (non-hydrogen) atoms. The number of hydrogen-bond acceptors (Lipinski definition) is 3. The summed E-state index contributed by atoms with van der Waals surface area (Å²) in [6, 6.07) is 7.79. The SMILES string of the molecule is CC(C)C(=O)Nc1ccc(NCCNC(C)(C)C)cc1. The Balaban J connectivity index is 2.37. The molecule has 1 aromatic carbocycles. The lowest BCUT2D eigenvalue weighted by Gasteiger charge is -2.20. The monoisotopic (exact) mass is 277 g/mol. The van der Waals surface area contributed by atoms with Crippen molar-refractivity contribution in [2.75, 3.05) is 23.7 Å². The predicted molar refractivity (Wildman–Crippen MR) is 86.2 cm³/mol. The van der Waals surface area contributed by atoms with Crippen LogP contribution in [-0.2, 0) is 4.79 Å². The van der Waals surface area contributed by atoms with E-state index in [0.717, 1.165) is 24.5 Å². The number of rotatable bonds is 6. The molecule has 1 amide bonds. The van der Waals surface area contributed by atoms with Gasteiger partial charge in [0.25, 0.3) is 0 Å². The fourth-order valence-corrected chi connectivity index (χ4v) is 1.60. The lowest BCUT2D eigenvalue weighted by atomic mass is 10.1. The molecule has 0 fully saturated rings. The molecule has 112 valence electrons. The van der Waals surface area contributed by atoms with Gasteiger partial charge in [-0.15, -0.1) is 0 Å². The van der Waals surface area contributed by atoms with Crippen LogP contribution < -0.4 is 16.0 Å². The largest absolute Gasteiger partial charge is 0.384 e. The minimum absolute atomic E-state index is 0.00345. The summed E-state index contributed by atoms with van der Waals surface area (Å²) < 4.78 is 0. The first-order chi connectivity index (χ1) is 9.28. The third-order valence-corrected chi connectivity index (χ3v) is 2.79. The molecule has 0 saturated carbocycles. The van der Waals surface area contributed by atoms with E-state index in [1.807, 2.05) is 38.1 Å². The zero-order valence-corrected chi connectivity index (χ0v) is 13.2. The number of hydrogen-bond donors (Lipinski definition) is 3. The Morgan fingerprint density at radius 1 is 1.05 bits per heavy atom. The first-order valence-corrected chi connectivity index (χ1v) is 7.18. The Bertz CT molecular complexity index is 418. The van der Waals surface area contributed by atoms with Crippen molar-refractivity contribution in [2.24, 2.45) is 5.92 Å². The number of carbonyl (C=O) groups is 1. The van der Waals surface area contributed by atoms with Crippen molar-refractivity contribution in [2.45, 2.75) is 40.2 Å². The summed E-state index contributed by atoms with van der Waals surface area (Å²) in [4.78, 5) is 11.6. The molecule has 0 aliphatic rings. The second kappa shape index (κ2) is 7.29. The normalized spacial score (nSPS) is 11.5. The minimum Gasteiger partial charge on any atom is -0.384 e. The number of carbonyl (C=O) groups excluding carboxylic acids is 1. The van der Waals surface area contributed by atoms with Crippen molar-refractivity contribution in [3.8, 4) is 0 Å². The molecule has 0 bridgehead atoms. The highest BCUT2D eigenvalue weighted by Crippen LogP contribution is 2.14. The lowest BCUT2D eigenvalue weighted by molar-refractivity contribution is -0.118. The van der Waals surface area contributed by atoms with E-state index in [-0.39, 0.29) is 17.4 Å². The molecule has 0 aromatic heterocycles. The highest BCUT2D eigenvalue weighted by atomic mass is 16.1. The average Bonchev–Trinajstić information content (AvgIpc) is 2.35. The molecule has 4 heteroatoms. The van der Waals surface area contributed by atoms with E-state index >= 15 is 0 Å². The first-order valence-electron chi connectivity index (χ1n) is 7.18. The van der Waals surface area contributed by atoms with Crippen molar-refractivity contribution >= 4 is 17.3 Å². The van der Waals surface area contributed by atoms with Crippen molar-refractivity contribution in [1.82, 2.24) is 5.32 Å². The van der Waals surface area contributed by atoms with Gasteiger partial charge in [0.05, 0.1) is 0 Å². The van der Waals surface area contributed by atoms with Crippen LogP contribution >= 0.6 is 0 Å². The van der Waals surface area contributed by atoms with Crippen LogP contribution in [0.3, 0.4) is 0 Å². The molecule has 0 heterocycles. The number of nitrogens with one attached hydrogen (secondary N) is 3. The Labute approximate surface area is 122 Å². The third-order valence-electron chi connectivity index (χ3n) is 2.79. The summed E-state index contributed by atoms with van der Waals surface area (Å²) in [5.74, 6) is 0.0383. The molecule has 0 aliphatic carbocycles. The molecular formula is C16H27N3O. The van der Waals surface area contributed by atoms with Crippen LogP contribution in [0.15, 0.2) is 24.3 Å². The van der Waals surface area contributed by atoms with Crippen molar-refractivity contribution in [1.29, 1.82) is 0 Å². The van der Waals surface area contributed by atoms with E-state index in [0.29, 0.717) is 0 Å². The molecule has 0 unspecified atom stereocenters. The zero-order valence-electron chi connectivity index (χ0n) is 13.2. The fourth-order valence-electron chi connectivity index (χ4n) is 1.60.